The van der Waals surface area contributed by atoms with E-state index >= 15 is 0 Å². The van der Waals surface area contributed by atoms with Crippen LogP contribution in [0.15, 0.2) is 49.6 Å². The Morgan fingerprint density at radius 2 is 1.80 bits per heavy atom. The van der Waals surface area contributed by atoms with Crippen LogP contribution in [-0.4, -0.2) is 88.3 Å². The number of amides is 3. The Bertz CT molecular complexity index is 1160. The van der Waals surface area contributed by atoms with Crippen molar-refractivity contribution < 1.29 is 29.0 Å². The Hall–Kier alpha value is -3.17. The van der Waals surface area contributed by atoms with Crippen molar-refractivity contribution in [2.75, 3.05) is 37.7 Å². The number of rotatable bonds is 11. The van der Waals surface area contributed by atoms with Gasteiger partial charge in [-0.2, -0.15) is 0 Å². The van der Waals surface area contributed by atoms with Crippen LogP contribution in [0.25, 0.3) is 0 Å². The number of carbonyl (C=O) groups is 3. The molecule has 2 unspecified atom stereocenters. The highest BCUT2D eigenvalue weighted by Crippen LogP contribution is 2.63. The van der Waals surface area contributed by atoms with E-state index in [0.29, 0.717) is 37.4 Å². The molecule has 3 aliphatic heterocycles. The molecule has 1 aromatic rings. The minimum atomic E-state index is -1.16. The van der Waals surface area contributed by atoms with Crippen LogP contribution in [0.1, 0.15) is 47.5 Å². The lowest BCUT2D eigenvalue weighted by Gasteiger charge is -2.42. The molecule has 0 aliphatic carbocycles. The van der Waals surface area contributed by atoms with Crippen molar-refractivity contribution in [2.24, 2.45) is 11.8 Å². The van der Waals surface area contributed by atoms with Crippen molar-refractivity contribution in [3.05, 3.63) is 49.6 Å². The second-order valence-corrected chi connectivity index (χ2v) is 12.1. The van der Waals surface area contributed by atoms with Gasteiger partial charge in [0.25, 0.3) is 0 Å². The van der Waals surface area contributed by atoms with Crippen LogP contribution in [0.4, 0.5) is 5.69 Å². The third kappa shape index (κ3) is 4.73. The van der Waals surface area contributed by atoms with Gasteiger partial charge < -0.3 is 29.3 Å². The quantitative estimate of drug-likeness (QED) is 0.423. The largest absolute Gasteiger partial charge is 0.494 e. The molecule has 3 aliphatic rings. The van der Waals surface area contributed by atoms with E-state index in [2.05, 4.69) is 13.2 Å². The van der Waals surface area contributed by atoms with Crippen LogP contribution in [0.5, 0.6) is 5.75 Å². The zero-order valence-electron chi connectivity index (χ0n) is 24.4. The normalized spacial score (nSPS) is 28.8. The molecule has 3 amide bonds. The average molecular weight is 554 g/mol. The zero-order chi connectivity index (χ0) is 29.5. The fourth-order valence-corrected chi connectivity index (χ4v) is 6.91. The third-order valence-corrected chi connectivity index (χ3v) is 8.54. The molecule has 4 rings (SSSR count). The highest BCUT2D eigenvalue weighted by molar-refractivity contribution is 6.03. The summed E-state index contributed by atoms with van der Waals surface area (Å²) in [5.41, 5.74) is -1.97. The summed E-state index contributed by atoms with van der Waals surface area (Å²) in [7, 11) is 0. The molecule has 1 aromatic carbocycles. The maximum atomic E-state index is 14.4. The van der Waals surface area contributed by atoms with Crippen molar-refractivity contribution in [1.29, 1.82) is 0 Å². The summed E-state index contributed by atoms with van der Waals surface area (Å²) >= 11 is 0. The summed E-state index contributed by atoms with van der Waals surface area (Å²) in [5.74, 6) is -1.79. The van der Waals surface area contributed by atoms with E-state index in [1.54, 1.807) is 22.0 Å². The number of β-amino-alcohol motifs (C(OH)–C–C–N with tert-alkyl or cyclic N) is 1. The summed E-state index contributed by atoms with van der Waals surface area (Å²) in [5, 5.41) is 9.90. The Morgan fingerprint density at radius 1 is 1.15 bits per heavy atom. The van der Waals surface area contributed by atoms with Crippen molar-refractivity contribution in [2.45, 2.75) is 70.2 Å². The van der Waals surface area contributed by atoms with Gasteiger partial charge >= 0.3 is 0 Å². The van der Waals surface area contributed by atoms with E-state index in [1.165, 1.54) is 4.90 Å². The average Bonchev–Trinajstić information content (AvgIpc) is 3.46. The first-order valence-electron chi connectivity index (χ1n) is 14.1. The molecule has 3 heterocycles. The fourth-order valence-electron chi connectivity index (χ4n) is 6.91. The number of hydrogen-bond donors (Lipinski definition) is 1. The van der Waals surface area contributed by atoms with E-state index in [9.17, 15) is 19.5 Å². The minimum Gasteiger partial charge on any atom is -0.494 e. The van der Waals surface area contributed by atoms with Crippen molar-refractivity contribution in [3.8, 4) is 5.75 Å². The Kier molecular flexibility index (Phi) is 8.20. The van der Waals surface area contributed by atoms with Crippen LogP contribution in [0, 0.1) is 11.8 Å². The molecule has 5 atom stereocenters. The molecule has 9 heteroatoms. The number of ether oxygens (including phenoxy) is 2. The van der Waals surface area contributed by atoms with Gasteiger partial charge in [0.05, 0.1) is 30.7 Å². The predicted molar refractivity (Wildman–Crippen MR) is 153 cm³/mol. The van der Waals surface area contributed by atoms with E-state index in [4.69, 9.17) is 9.47 Å². The number of benzene rings is 1. The molecule has 218 valence electrons. The monoisotopic (exact) mass is 553 g/mol. The van der Waals surface area contributed by atoms with E-state index in [-0.39, 0.29) is 37.4 Å². The topological polar surface area (TPSA) is 99.6 Å². The van der Waals surface area contributed by atoms with Crippen molar-refractivity contribution in [1.82, 2.24) is 9.80 Å². The second kappa shape index (κ2) is 11.0. The lowest BCUT2D eigenvalue weighted by molar-refractivity contribution is -0.155. The molecule has 40 heavy (non-hydrogen) atoms. The molecular formula is C31H43N3O6. The summed E-state index contributed by atoms with van der Waals surface area (Å²) in [6, 6.07) is 6.30. The predicted octanol–water partition coefficient (Wildman–Crippen LogP) is 3.17. The summed E-state index contributed by atoms with van der Waals surface area (Å²) in [6.07, 6.45) is 4.32. The summed E-state index contributed by atoms with van der Waals surface area (Å²) in [6.45, 7) is 18.0. The smallest absolute Gasteiger partial charge is 0.249 e. The van der Waals surface area contributed by atoms with E-state index < -0.39 is 34.6 Å². The van der Waals surface area contributed by atoms with Crippen molar-refractivity contribution in [3.63, 3.8) is 0 Å². The van der Waals surface area contributed by atoms with Crippen LogP contribution in [0.3, 0.4) is 0 Å². The van der Waals surface area contributed by atoms with Crippen LogP contribution in [-0.2, 0) is 19.1 Å². The minimum absolute atomic E-state index is 0.0180. The Labute approximate surface area is 237 Å². The number of aliphatic hydroxyl groups excluding tert-OH is 1. The van der Waals surface area contributed by atoms with Gasteiger partial charge in [0.15, 0.2) is 0 Å². The van der Waals surface area contributed by atoms with Gasteiger partial charge in [-0.25, -0.2) is 0 Å². The first kappa shape index (κ1) is 29.8. The molecule has 2 bridgehead atoms. The number of hydrogen-bond acceptors (Lipinski definition) is 6. The first-order valence-corrected chi connectivity index (χ1v) is 14.1. The highest BCUT2D eigenvalue weighted by Gasteiger charge is 2.78. The number of likely N-dealkylation sites (tertiary alicyclic amines) is 1. The molecule has 1 N–H and O–H groups in total. The summed E-state index contributed by atoms with van der Waals surface area (Å²) < 4.78 is 12.3. The van der Waals surface area contributed by atoms with Crippen LogP contribution >= 0.6 is 0 Å². The van der Waals surface area contributed by atoms with Gasteiger partial charge in [0.1, 0.15) is 17.4 Å². The van der Waals surface area contributed by atoms with Gasteiger partial charge in [-0.15, -0.1) is 13.2 Å². The number of aliphatic hydroxyl groups is 1. The van der Waals surface area contributed by atoms with E-state index in [0.717, 1.165) is 0 Å². The molecule has 0 aromatic heterocycles. The zero-order valence-corrected chi connectivity index (χ0v) is 24.4. The molecule has 0 radical (unpaired) electrons. The molecule has 3 saturated heterocycles. The van der Waals surface area contributed by atoms with Crippen LogP contribution in [0.2, 0.25) is 0 Å². The Morgan fingerprint density at radius 3 is 2.35 bits per heavy atom. The molecule has 9 nitrogen and oxygen atoms in total. The maximum Gasteiger partial charge on any atom is 0.249 e. The van der Waals surface area contributed by atoms with E-state index in [1.807, 2.05) is 58.9 Å². The first-order chi connectivity index (χ1) is 18.9. The highest BCUT2D eigenvalue weighted by atomic mass is 16.5. The number of anilines is 1. The van der Waals surface area contributed by atoms with Crippen molar-refractivity contribution >= 4 is 23.4 Å². The lowest BCUT2D eigenvalue weighted by Crippen LogP contribution is -2.60. The molecule has 0 saturated carbocycles. The van der Waals surface area contributed by atoms with Gasteiger partial charge in [-0.3, -0.25) is 14.4 Å². The molecule has 3 fully saturated rings. The number of carbonyl (C=O) groups excluding carboxylic acids is 3. The van der Waals surface area contributed by atoms with Gasteiger partial charge in [0.2, 0.25) is 17.7 Å². The third-order valence-electron chi connectivity index (χ3n) is 8.54. The van der Waals surface area contributed by atoms with Gasteiger partial charge in [-0.05, 0) is 71.7 Å². The molecular weight excluding hydrogens is 510 g/mol. The maximum absolute atomic E-state index is 14.4. The standard InChI is InChI=1S/C31H43N3O6/c1-8-17-32(21-11-13-22(14-12-21)39-10-3)26(36)23-24-27(37)33(19-20-35)25(31(24)16-15-30(23,7)40-31)28(38)34(18-9-2)29(4,5)6/h8-9,11-14,23-25,35H,1-2,10,15-20H2,3-7H3/t23-,24+,25?,30+,31?/m1/s1. The Balaban J connectivity index is 1.77. The summed E-state index contributed by atoms with van der Waals surface area (Å²) in [4.78, 5) is 47.5. The lowest BCUT2D eigenvalue weighted by atomic mass is 9.66. The number of fused-ring (bicyclic) bond motifs is 1. The fraction of sp³-hybridized carbons (Fsp3) is 0.581. The SMILES string of the molecule is C=CCN(C(=O)[C@H]1[C@H]2C(=O)N(CCO)C(C(=O)N(CC=C)C(C)(C)C)C23CC[C@]1(C)O3)c1ccc(OCC)cc1. The van der Waals surface area contributed by atoms with Gasteiger partial charge in [-0.1, -0.05) is 12.2 Å². The molecule has 1 spiro atoms. The second-order valence-electron chi connectivity index (χ2n) is 12.1. The number of nitrogens with zero attached hydrogens (tertiary/aromatic N) is 3. The van der Waals surface area contributed by atoms with Crippen LogP contribution < -0.4 is 9.64 Å². The van der Waals surface area contributed by atoms with Gasteiger partial charge in [0, 0.05) is 30.9 Å².